The molecule has 0 spiro atoms. The first-order valence-corrected chi connectivity index (χ1v) is 14.8. The maximum Gasteiger partial charge on any atom is 0.456 e. The second-order valence-corrected chi connectivity index (χ2v) is 12.9. The number of carbonyl (C=O) groups is 1. The topological polar surface area (TPSA) is 40.5 Å². The smallest absolute Gasteiger partial charge is 0.383 e. The summed E-state index contributed by atoms with van der Waals surface area (Å²) in [6.45, 7) is 2.09. The van der Waals surface area contributed by atoms with Gasteiger partial charge in [-0.05, 0) is 90.8 Å². The molecule has 5 atom stereocenters. The molecule has 0 radical (unpaired) electrons. The molecule has 1 N–H and O–H groups in total. The van der Waals surface area contributed by atoms with Gasteiger partial charge in [0.05, 0.1) is 0 Å². The summed E-state index contributed by atoms with van der Waals surface area (Å²) in [6, 6.07) is 17.8. The third-order valence-corrected chi connectivity index (χ3v) is 10.8. The van der Waals surface area contributed by atoms with Crippen LogP contribution in [0.2, 0.25) is 0 Å². The fraction of sp³-hybridized carbons (Fsp3) is 0.500. The number of hydrogen-bond acceptors (Lipinski definition) is 3. The molecule has 2 saturated carbocycles. The van der Waals surface area contributed by atoms with Gasteiger partial charge >= 0.3 is 12.1 Å². The third kappa shape index (κ3) is 4.35. The van der Waals surface area contributed by atoms with Crippen molar-refractivity contribution >= 4 is 11.5 Å². The van der Waals surface area contributed by atoms with Crippen molar-refractivity contribution in [3.05, 3.63) is 88.5 Å². The monoisotopic (exact) mass is 585 g/mol. The molecule has 3 nitrogen and oxygen atoms in total. The van der Waals surface area contributed by atoms with Gasteiger partial charge in [-0.15, -0.1) is 0 Å². The Kier molecular flexibility index (Phi) is 6.95. The van der Waals surface area contributed by atoms with E-state index in [0.29, 0.717) is 32.2 Å². The van der Waals surface area contributed by atoms with Crippen LogP contribution in [0.15, 0.2) is 77.4 Å². The Morgan fingerprint density at radius 2 is 1.64 bits per heavy atom. The van der Waals surface area contributed by atoms with Crippen LogP contribution in [0.5, 0.6) is 0 Å². The Morgan fingerprint density at radius 3 is 2.31 bits per heavy atom. The van der Waals surface area contributed by atoms with Crippen molar-refractivity contribution in [3.8, 4) is 0 Å². The van der Waals surface area contributed by atoms with Gasteiger partial charge in [0.1, 0.15) is 5.60 Å². The highest BCUT2D eigenvalue weighted by molar-refractivity contribution is 5.93. The van der Waals surface area contributed by atoms with E-state index in [1.54, 1.807) is 6.08 Å². The summed E-state index contributed by atoms with van der Waals surface area (Å²) in [4.78, 5) is 14.4. The Labute approximate surface area is 243 Å². The molecule has 4 aliphatic carbocycles. The third-order valence-electron chi connectivity index (χ3n) is 10.8. The number of benzene rings is 2. The van der Waals surface area contributed by atoms with Crippen molar-refractivity contribution in [1.82, 2.24) is 0 Å². The first kappa shape index (κ1) is 29.1. The Bertz CT molecular complexity index is 1430. The summed E-state index contributed by atoms with van der Waals surface area (Å²) in [5, 5.41) is 11.4. The van der Waals surface area contributed by atoms with Gasteiger partial charge in [-0.1, -0.05) is 55.0 Å². The van der Waals surface area contributed by atoms with Crippen molar-refractivity contribution in [2.75, 3.05) is 11.9 Å². The zero-order valence-electron chi connectivity index (χ0n) is 23.9. The van der Waals surface area contributed by atoms with Gasteiger partial charge in [-0.2, -0.15) is 22.0 Å². The standard InChI is InChI=1S/C34H36F5NO2/c1-31-19-28(22-10-8-21(9-11-22)20-40(2)24-6-4-3-5-7-24)30-26-15-13-25(41)18-23(26)12-14-27(30)29(31)16-17-32(31,42)33(35,36)34(37,38)39/h3-11,18,27-29,42H,12-17,19-20H2,1-2H3/t27-,28+,29-,31-,32-/m0/s1. The van der Waals surface area contributed by atoms with Crippen LogP contribution in [0, 0.1) is 17.3 Å². The van der Waals surface area contributed by atoms with E-state index in [1.165, 1.54) is 6.92 Å². The lowest BCUT2D eigenvalue weighted by Crippen LogP contribution is -2.65. The number of rotatable bonds is 5. The Balaban J connectivity index is 1.41. The van der Waals surface area contributed by atoms with Crippen LogP contribution in [0.3, 0.4) is 0 Å². The van der Waals surface area contributed by atoms with E-state index in [0.717, 1.165) is 33.5 Å². The molecule has 2 aromatic rings. The van der Waals surface area contributed by atoms with Crippen LogP contribution in [-0.2, 0) is 11.3 Å². The van der Waals surface area contributed by atoms with Crippen LogP contribution < -0.4 is 4.90 Å². The van der Waals surface area contributed by atoms with Gasteiger partial charge in [0.2, 0.25) is 0 Å². The van der Waals surface area contributed by atoms with Gasteiger partial charge in [0.25, 0.3) is 0 Å². The number of alkyl halides is 5. The molecule has 42 heavy (non-hydrogen) atoms. The van der Waals surface area contributed by atoms with E-state index in [1.807, 2.05) is 61.6 Å². The van der Waals surface area contributed by atoms with Gasteiger partial charge in [0.15, 0.2) is 5.78 Å². The summed E-state index contributed by atoms with van der Waals surface area (Å²) in [5.41, 5.74) is 1.21. The summed E-state index contributed by atoms with van der Waals surface area (Å²) < 4.78 is 71.7. The van der Waals surface area contributed by atoms with Crippen LogP contribution in [0.4, 0.5) is 27.6 Å². The number of allylic oxidation sites excluding steroid dienone is 4. The molecule has 8 heteroatoms. The van der Waals surface area contributed by atoms with Crippen molar-refractivity contribution < 1.29 is 31.9 Å². The molecule has 4 aliphatic rings. The molecular formula is C34H36F5NO2. The van der Waals surface area contributed by atoms with Gasteiger partial charge in [-0.25, -0.2) is 0 Å². The van der Waals surface area contributed by atoms with Crippen molar-refractivity contribution in [1.29, 1.82) is 0 Å². The number of aliphatic hydroxyl groups is 1. The highest BCUT2D eigenvalue weighted by atomic mass is 19.4. The minimum Gasteiger partial charge on any atom is -0.383 e. The van der Waals surface area contributed by atoms with Gasteiger partial charge < -0.3 is 10.0 Å². The summed E-state index contributed by atoms with van der Waals surface area (Å²) in [6.07, 6.45) is -2.59. The molecule has 2 fully saturated rings. The van der Waals surface area contributed by atoms with Gasteiger partial charge in [0, 0.05) is 37.0 Å². The predicted octanol–water partition coefficient (Wildman–Crippen LogP) is 8.15. The first-order valence-electron chi connectivity index (χ1n) is 14.8. The van der Waals surface area contributed by atoms with E-state index < -0.39 is 41.4 Å². The molecule has 224 valence electrons. The van der Waals surface area contributed by atoms with Crippen LogP contribution >= 0.6 is 0 Å². The number of anilines is 1. The van der Waals surface area contributed by atoms with Crippen molar-refractivity contribution in [3.63, 3.8) is 0 Å². The largest absolute Gasteiger partial charge is 0.456 e. The van der Waals surface area contributed by atoms with Crippen LogP contribution in [-0.4, -0.2) is 35.6 Å². The lowest BCUT2D eigenvalue weighted by atomic mass is 9.50. The fourth-order valence-corrected chi connectivity index (χ4v) is 8.62. The Hall–Kier alpha value is -3.00. The SMILES string of the molecule is CN(Cc1ccc([C@H]2C[C@@]3(C)[C@@H](CC[C@@]3(O)C(F)(F)C(F)(F)F)[C@@H]3CCC4=CC(=O)CCC4=C32)cc1)c1ccccc1. The normalized spacial score (nSPS) is 31.3. The summed E-state index contributed by atoms with van der Waals surface area (Å²) in [5.74, 6) is -6.33. The minimum atomic E-state index is -5.85. The number of fused-ring (bicyclic) bond motifs is 4. The lowest BCUT2D eigenvalue weighted by Gasteiger charge is -2.56. The average Bonchev–Trinajstić information content (AvgIpc) is 3.24. The summed E-state index contributed by atoms with van der Waals surface area (Å²) >= 11 is 0. The molecule has 0 heterocycles. The van der Waals surface area contributed by atoms with E-state index in [4.69, 9.17) is 0 Å². The predicted molar refractivity (Wildman–Crippen MR) is 151 cm³/mol. The molecule has 0 bridgehead atoms. The van der Waals surface area contributed by atoms with Crippen LogP contribution in [0.1, 0.15) is 68.9 Å². The van der Waals surface area contributed by atoms with Crippen LogP contribution in [0.25, 0.3) is 0 Å². The first-order chi connectivity index (χ1) is 19.8. The molecule has 0 aromatic heterocycles. The van der Waals surface area contributed by atoms with E-state index in [-0.39, 0.29) is 24.5 Å². The number of ketones is 1. The number of para-hydroxylation sites is 1. The second-order valence-electron chi connectivity index (χ2n) is 12.9. The molecule has 6 rings (SSSR count). The molecule has 2 aromatic carbocycles. The van der Waals surface area contributed by atoms with E-state index in [9.17, 15) is 23.1 Å². The second kappa shape index (κ2) is 10.0. The summed E-state index contributed by atoms with van der Waals surface area (Å²) in [7, 11) is 1.99. The van der Waals surface area contributed by atoms with E-state index in [2.05, 4.69) is 4.90 Å². The lowest BCUT2D eigenvalue weighted by molar-refractivity contribution is -0.362. The molecule has 0 amide bonds. The van der Waals surface area contributed by atoms with Crippen molar-refractivity contribution in [2.24, 2.45) is 17.3 Å². The molecule has 0 unspecified atom stereocenters. The minimum absolute atomic E-state index is 0.0142. The average molecular weight is 586 g/mol. The maximum atomic E-state index is 15.2. The highest BCUT2D eigenvalue weighted by Gasteiger charge is 2.79. The Morgan fingerprint density at radius 1 is 0.952 bits per heavy atom. The zero-order chi connectivity index (χ0) is 30.1. The fourth-order valence-electron chi connectivity index (χ4n) is 8.62. The quantitative estimate of drug-likeness (QED) is 0.360. The number of hydrogen-bond donors (Lipinski definition) is 1. The molecular weight excluding hydrogens is 549 g/mol. The zero-order valence-corrected chi connectivity index (χ0v) is 23.9. The number of carbonyl (C=O) groups excluding carboxylic acids is 1. The number of nitrogens with zero attached hydrogens (tertiary/aromatic N) is 1. The van der Waals surface area contributed by atoms with E-state index >= 15 is 8.78 Å². The maximum absolute atomic E-state index is 15.2. The van der Waals surface area contributed by atoms with Gasteiger partial charge in [-0.3, -0.25) is 4.79 Å². The molecule has 0 saturated heterocycles. The highest BCUT2D eigenvalue weighted by Crippen LogP contribution is 2.70. The number of halogens is 5. The molecule has 0 aliphatic heterocycles. The van der Waals surface area contributed by atoms with Crippen molar-refractivity contribution in [2.45, 2.75) is 82.0 Å².